The van der Waals surface area contributed by atoms with Crippen molar-refractivity contribution in [3.05, 3.63) is 59.7 Å². The topological polar surface area (TPSA) is 85.2 Å². The predicted octanol–water partition coefficient (Wildman–Crippen LogP) is 5.28. The lowest BCUT2D eigenvalue weighted by molar-refractivity contribution is -0.161. The van der Waals surface area contributed by atoms with Crippen LogP contribution >= 0.6 is 0 Å². The molecule has 0 bridgehead atoms. The van der Waals surface area contributed by atoms with E-state index in [0.717, 1.165) is 11.1 Å². The molecule has 0 heterocycles. The van der Waals surface area contributed by atoms with Crippen molar-refractivity contribution >= 4 is 5.91 Å². The molecular formula is C26H29F4N3O2. The third-order valence-electron chi connectivity index (χ3n) is 6.00. The Morgan fingerprint density at radius 2 is 1.51 bits per heavy atom. The fourth-order valence-electron chi connectivity index (χ4n) is 3.83. The van der Waals surface area contributed by atoms with Crippen LogP contribution in [0.4, 0.5) is 17.6 Å². The first-order chi connectivity index (χ1) is 16.2. The lowest BCUT2D eigenvalue weighted by atomic mass is 9.96. The average molecular weight is 492 g/mol. The molecule has 1 saturated carbocycles. The molecule has 2 aromatic carbocycles. The highest BCUT2D eigenvalue weighted by Gasteiger charge is 2.48. The maximum atomic E-state index is 14.4. The molecule has 1 fully saturated rings. The molecule has 2 aromatic rings. The van der Waals surface area contributed by atoms with Gasteiger partial charge in [-0.3, -0.25) is 10.1 Å². The summed E-state index contributed by atoms with van der Waals surface area (Å²) in [5, 5.41) is 23.6. The summed E-state index contributed by atoms with van der Waals surface area (Å²) >= 11 is 0. The van der Waals surface area contributed by atoms with Crippen LogP contribution in [0.2, 0.25) is 0 Å². The van der Waals surface area contributed by atoms with E-state index in [1.807, 2.05) is 6.07 Å². The van der Waals surface area contributed by atoms with E-state index in [1.54, 1.807) is 31.2 Å². The van der Waals surface area contributed by atoms with Crippen LogP contribution in [-0.2, 0) is 4.79 Å². The maximum Gasteiger partial charge on any atom is 0.407 e. The summed E-state index contributed by atoms with van der Waals surface area (Å²) in [6.07, 6.45) is -5.08. The van der Waals surface area contributed by atoms with Crippen LogP contribution in [0, 0.1) is 11.3 Å². The summed E-state index contributed by atoms with van der Waals surface area (Å²) in [5.74, 6) is -0.834. The van der Waals surface area contributed by atoms with Gasteiger partial charge in [0.05, 0.1) is 18.2 Å². The molecule has 1 aliphatic carbocycles. The van der Waals surface area contributed by atoms with Crippen LogP contribution < -0.4 is 10.6 Å². The lowest BCUT2D eigenvalue weighted by Crippen LogP contribution is -2.53. The SMILES string of the molecule is CC(O)c1ccc(-c2ccc(C(N[C@@H](CC(C)(C)F)C(=O)NC3(C#N)CC3)C(F)(F)F)cc2)cc1. The van der Waals surface area contributed by atoms with E-state index in [9.17, 15) is 32.7 Å². The van der Waals surface area contributed by atoms with Gasteiger partial charge < -0.3 is 10.4 Å². The van der Waals surface area contributed by atoms with Crippen LogP contribution in [0.1, 0.15) is 63.3 Å². The van der Waals surface area contributed by atoms with Gasteiger partial charge in [0.1, 0.15) is 17.2 Å². The standard InChI is InChI=1S/C26H29F4N3O2/c1-16(34)17-4-6-18(7-5-17)19-8-10-20(11-9-19)22(26(28,29)30)32-21(14-24(2,3)27)23(35)33-25(15-31)12-13-25/h4-11,16,21-22,32,34H,12-14H2,1-3H3,(H,33,35)/t16?,21-,22?/m0/s1. The number of benzene rings is 2. The molecule has 0 radical (unpaired) electrons. The monoisotopic (exact) mass is 491 g/mol. The van der Waals surface area contributed by atoms with Gasteiger partial charge >= 0.3 is 6.18 Å². The molecule has 3 N–H and O–H groups in total. The number of aliphatic hydroxyl groups excluding tert-OH is 1. The predicted molar refractivity (Wildman–Crippen MR) is 124 cm³/mol. The van der Waals surface area contributed by atoms with E-state index in [1.165, 1.54) is 38.1 Å². The number of aliphatic hydroxyl groups is 1. The fraction of sp³-hybridized carbons (Fsp3) is 0.462. The van der Waals surface area contributed by atoms with Crippen LogP contribution in [0.3, 0.4) is 0 Å². The van der Waals surface area contributed by atoms with Gasteiger partial charge in [0.25, 0.3) is 0 Å². The number of hydrogen-bond acceptors (Lipinski definition) is 4. The molecule has 1 amide bonds. The summed E-state index contributed by atoms with van der Waals surface area (Å²) in [4.78, 5) is 12.8. The summed E-state index contributed by atoms with van der Waals surface area (Å²) < 4.78 is 56.6. The summed E-state index contributed by atoms with van der Waals surface area (Å²) in [7, 11) is 0. The van der Waals surface area contributed by atoms with E-state index < -0.39 is 47.9 Å². The Balaban J connectivity index is 1.85. The highest BCUT2D eigenvalue weighted by Crippen LogP contribution is 2.37. The molecule has 2 unspecified atom stereocenters. The van der Waals surface area contributed by atoms with Crippen molar-refractivity contribution in [2.45, 2.75) is 75.6 Å². The average Bonchev–Trinajstić information content (AvgIpc) is 3.55. The fourth-order valence-corrected chi connectivity index (χ4v) is 3.83. The maximum absolute atomic E-state index is 14.4. The van der Waals surface area contributed by atoms with Crippen LogP contribution in [0.25, 0.3) is 11.1 Å². The Hall–Kier alpha value is -2.96. The smallest absolute Gasteiger partial charge is 0.389 e. The Morgan fingerprint density at radius 1 is 1.03 bits per heavy atom. The molecule has 0 aromatic heterocycles. The first-order valence-electron chi connectivity index (χ1n) is 11.4. The van der Waals surface area contributed by atoms with Crippen molar-refractivity contribution < 1.29 is 27.5 Å². The van der Waals surface area contributed by atoms with Gasteiger partial charge in [0.15, 0.2) is 0 Å². The van der Waals surface area contributed by atoms with Crippen molar-refractivity contribution in [3.63, 3.8) is 0 Å². The Bertz CT molecular complexity index is 1060. The summed E-state index contributed by atoms with van der Waals surface area (Å²) in [6, 6.07) is 11.0. The van der Waals surface area contributed by atoms with Gasteiger partial charge in [-0.1, -0.05) is 48.5 Å². The first kappa shape index (κ1) is 26.6. The Labute approximate surface area is 202 Å². The Morgan fingerprint density at radius 3 is 1.89 bits per heavy atom. The second kappa shape index (κ2) is 9.96. The molecule has 188 valence electrons. The van der Waals surface area contributed by atoms with Gasteiger partial charge in [-0.15, -0.1) is 0 Å². The first-order valence-corrected chi connectivity index (χ1v) is 11.4. The number of nitriles is 1. The van der Waals surface area contributed by atoms with Crippen LogP contribution in [-0.4, -0.2) is 34.4 Å². The van der Waals surface area contributed by atoms with Crippen molar-refractivity contribution in [1.29, 1.82) is 5.26 Å². The minimum absolute atomic E-state index is 0.127. The molecule has 3 atom stereocenters. The summed E-state index contributed by atoms with van der Waals surface area (Å²) in [6.45, 7) is 4.01. The molecule has 9 heteroatoms. The van der Waals surface area contributed by atoms with Gasteiger partial charge in [-0.25, -0.2) is 4.39 Å². The third kappa shape index (κ3) is 7.03. The number of nitrogens with one attached hydrogen (secondary N) is 2. The molecule has 5 nitrogen and oxygen atoms in total. The normalized spacial score (nSPS) is 17.7. The van der Waals surface area contributed by atoms with Gasteiger partial charge in [0.2, 0.25) is 5.91 Å². The molecular weight excluding hydrogens is 462 g/mol. The molecule has 0 aliphatic heterocycles. The molecule has 0 spiro atoms. The number of carbonyl (C=O) groups excluding carboxylic acids is 1. The van der Waals surface area contributed by atoms with Crippen LogP contribution in [0.5, 0.6) is 0 Å². The molecule has 3 rings (SSSR count). The van der Waals surface area contributed by atoms with E-state index >= 15 is 0 Å². The van der Waals surface area contributed by atoms with E-state index in [-0.39, 0.29) is 5.56 Å². The van der Waals surface area contributed by atoms with Crippen molar-refractivity contribution in [3.8, 4) is 17.2 Å². The zero-order valence-corrected chi connectivity index (χ0v) is 19.8. The number of rotatable bonds is 9. The molecule has 0 saturated heterocycles. The zero-order chi connectivity index (χ0) is 26.0. The minimum atomic E-state index is -4.76. The van der Waals surface area contributed by atoms with Gasteiger partial charge in [0, 0.05) is 6.42 Å². The van der Waals surface area contributed by atoms with Crippen molar-refractivity contribution in [1.82, 2.24) is 10.6 Å². The zero-order valence-electron chi connectivity index (χ0n) is 19.8. The largest absolute Gasteiger partial charge is 0.407 e. The number of halogens is 4. The van der Waals surface area contributed by atoms with E-state index in [2.05, 4.69) is 10.6 Å². The number of alkyl halides is 4. The molecule has 1 aliphatic rings. The van der Waals surface area contributed by atoms with Crippen molar-refractivity contribution in [2.75, 3.05) is 0 Å². The number of hydrogen-bond donors (Lipinski definition) is 3. The molecule has 35 heavy (non-hydrogen) atoms. The van der Waals surface area contributed by atoms with Crippen LogP contribution in [0.15, 0.2) is 48.5 Å². The second-order valence-corrected chi connectivity index (χ2v) is 9.72. The van der Waals surface area contributed by atoms with Gasteiger partial charge in [-0.2, -0.15) is 18.4 Å². The second-order valence-electron chi connectivity index (χ2n) is 9.72. The lowest BCUT2D eigenvalue weighted by Gasteiger charge is -2.30. The van der Waals surface area contributed by atoms with Crippen molar-refractivity contribution in [2.24, 2.45) is 0 Å². The highest BCUT2D eigenvalue weighted by molar-refractivity contribution is 5.83. The quantitative estimate of drug-likeness (QED) is 0.417. The highest BCUT2D eigenvalue weighted by atomic mass is 19.4. The minimum Gasteiger partial charge on any atom is -0.389 e. The van der Waals surface area contributed by atoms with E-state index in [4.69, 9.17) is 0 Å². The number of nitrogens with zero attached hydrogens (tertiary/aromatic N) is 1. The van der Waals surface area contributed by atoms with Gasteiger partial charge in [-0.05, 0) is 55.9 Å². The third-order valence-corrected chi connectivity index (χ3v) is 6.00. The number of amides is 1. The number of carbonyl (C=O) groups is 1. The Kier molecular flexibility index (Phi) is 7.58. The van der Waals surface area contributed by atoms with E-state index in [0.29, 0.717) is 18.4 Å². The summed E-state index contributed by atoms with van der Waals surface area (Å²) in [5.41, 5.74) is -0.975.